The largest absolute Gasteiger partial charge is 0.349 e. The van der Waals surface area contributed by atoms with Crippen LogP contribution in [-0.2, 0) is 10.2 Å². The summed E-state index contributed by atoms with van der Waals surface area (Å²) in [5.74, 6) is 1.50. The van der Waals surface area contributed by atoms with Crippen molar-refractivity contribution in [2.45, 2.75) is 52.0 Å². The van der Waals surface area contributed by atoms with Gasteiger partial charge in [0.15, 0.2) is 17.5 Å². The normalized spacial score (nSPS) is 20.0. The van der Waals surface area contributed by atoms with Crippen molar-refractivity contribution in [2.75, 3.05) is 5.32 Å². The number of aromatic nitrogens is 6. The van der Waals surface area contributed by atoms with Crippen molar-refractivity contribution in [3.8, 4) is 5.82 Å². The van der Waals surface area contributed by atoms with Crippen LogP contribution in [0.15, 0.2) is 48.9 Å². The minimum absolute atomic E-state index is 0.0243. The maximum absolute atomic E-state index is 13.2. The first-order chi connectivity index (χ1) is 17.2. The van der Waals surface area contributed by atoms with E-state index in [4.69, 9.17) is 4.98 Å². The predicted molar refractivity (Wildman–Crippen MR) is 134 cm³/mol. The van der Waals surface area contributed by atoms with E-state index in [0.717, 1.165) is 53.2 Å². The van der Waals surface area contributed by atoms with E-state index in [2.05, 4.69) is 43.9 Å². The molecule has 1 fully saturated rings. The molecule has 5 rings (SSSR count). The van der Waals surface area contributed by atoms with Gasteiger partial charge in [-0.25, -0.2) is 19.0 Å². The number of hydrogen-bond acceptors (Lipinski definition) is 6. The molecule has 4 aromatic rings. The van der Waals surface area contributed by atoms with Gasteiger partial charge in [0, 0.05) is 35.0 Å². The zero-order valence-corrected chi connectivity index (χ0v) is 20.7. The Hall–Kier alpha value is -4.08. The highest BCUT2D eigenvalue weighted by molar-refractivity contribution is 5.80. The van der Waals surface area contributed by atoms with Gasteiger partial charge in [-0.1, -0.05) is 13.0 Å². The molecule has 1 aliphatic rings. The van der Waals surface area contributed by atoms with E-state index >= 15 is 0 Å². The maximum atomic E-state index is 13.2. The number of carbonyl (C=O) groups is 1. The number of anilines is 2. The fourth-order valence-corrected chi connectivity index (χ4v) is 4.71. The fraction of sp³-hybridized carbons (Fsp3) is 0.346. The summed E-state index contributed by atoms with van der Waals surface area (Å²) >= 11 is 0. The zero-order valence-electron chi connectivity index (χ0n) is 20.7. The Bertz CT molecular complexity index is 1390. The van der Waals surface area contributed by atoms with Gasteiger partial charge in [0.25, 0.3) is 0 Å². The molecule has 0 radical (unpaired) electrons. The molecule has 4 heterocycles. The third-order valence-corrected chi connectivity index (χ3v) is 6.73. The Morgan fingerprint density at radius 3 is 2.64 bits per heavy atom. The standard InChI is InChI=1S/C26H29FN8O/c1-15-7-21(31-22(8-15)32-23-9-16(2)33-34-23)26(4)10-19(11-26)25(36)30-17(3)18-5-6-24(28-12-18)35-14-20(27)13-29-35/h5-9,12-14,17,19H,10-11H2,1-4H3,(H,30,36)(H2,31,32,33,34)/t17-,19?,26?/m0/s1. The number of hydrogen-bond donors (Lipinski definition) is 3. The van der Waals surface area contributed by atoms with E-state index in [1.165, 1.54) is 10.9 Å². The molecule has 0 aliphatic heterocycles. The summed E-state index contributed by atoms with van der Waals surface area (Å²) in [6, 6.07) is 9.43. The number of nitrogens with zero attached hydrogens (tertiary/aromatic N) is 5. The summed E-state index contributed by atoms with van der Waals surface area (Å²) in [5.41, 5.74) is 3.75. The van der Waals surface area contributed by atoms with Gasteiger partial charge in [-0.15, -0.1) is 0 Å². The van der Waals surface area contributed by atoms with Crippen molar-refractivity contribution < 1.29 is 9.18 Å². The molecule has 0 bridgehead atoms. The van der Waals surface area contributed by atoms with Crippen molar-refractivity contribution in [2.24, 2.45) is 5.92 Å². The second-order valence-corrected chi connectivity index (χ2v) is 9.93. The van der Waals surface area contributed by atoms with E-state index in [-0.39, 0.29) is 23.3 Å². The van der Waals surface area contributed by atoms with Gasteiger partial charge in [-0.2, -0.15) is 10.2 Å². The third kappa shape index (κ3) is 4.84. The minimum Gasteiger partial charge on any atom is -0.349 e. The van der Waals surface area contributed by atoms with Gasteiger partial charge < -0.3 is 10.6 Å². The Labute approximate surface area is 208 Å². The highest BCUT2D eigenvalue weighted by Gasteiger charge is 2.46. The second-order valence-electron chi connectivity index (χ2n) is 9.93. The number of aromatic amines is 1. The van der Waals surface area contributed by atoms with Crippen molar-refractivity contribution in [3.05, 3.63) is 77.3 Å². The molecule has 1 saturated carbocycles. The molecule has 3 N–H and O–H groups in total. The minimum atomic E-state index is -0.421. The molecule has 1 atom stereocenters. The van der Waals surface area contributed by atoms with Crippen LogP contribution in [0.25, 0.3) is 5.82 Å². The fourth-order valence-electron chi connectivity index (χ4n) is 4.71. The van der Waals surface area contributed by atoms with E-state index in [9.17, 15) is 9.18 Å². The summed E-state index contributed by atoms with van der Waals surface area (Å²) in [7, 11) is 0. The summed E-state index contributed by atoms with van der Waals surface area (Å²) in [6.07, 6.45) is 5.53. The molecular weight excluding hydrogens is 459 g/mol. The van der Waals surface area contributed by atoms with E-state index in [0.29, 0.717) is 5.82 Å². The summed E-state index contributed by atoms with van der Waals surface area (Å²) in [4.78, 5) is 22.1. The predicted octanol–water partition coefficient (Wildman–Crippen LogP) is 4.43. The molecule has 0 saturated heterocycles. The molecule has 36 heavy (non-hydrogen) atoms. The molecule has 0 spiro atoms. The quantitative estimate of drug-likeness (QED) is 0.355. The molecule has 186 valence electrons. The lowest BCUT2D eigenvalue weighted by atomic mass is 9.61. The van der Waals surface area contributed by atoms with Gasteiger partial charge in [0.1, 0.15) is 5.82 Å². The van der Waals surface area contributed by atoms with Crippen LogP contribution in [0.4, 0.5) is 16.0 Å². The van der Waals surface area contributed by atoms with Gasteiger partial charge in [0.2, 0.25) is 5.91 Å². The van der Waals surface area contributed by atoms with Crippen LogP contribution in [0, 0.1) is 25.6 Å². The van der Waals surface area contributed by atoms with Crippen LogP contribution in [0.3, 0.4) is 0 Å². The summed E-state index contributed by atoms with van der Waals surface area (Å²) < 4.78 is 14.6. The van der Waals surface area contributed by atoms with Crippen LogP contribution in [0.5, 0.6) is 0 Å². The van der Waals surface area contributed by atoms with E-state index in [1.54, 1.807) is 12.3 Å². The van der Waals surface area contributed by atoms with Crippen LogP contribution in [0.1, 0.15) is 55.2 Å². The number of nitrogens with one attached hydrogen (secondary N) is 3. The smallest absolute Gasteiger partial charge is 0.223 e. The van der Waals surface area contributed by atoms with E-state index in [1.807, 2.05) is 39.0 Å². The summed E-state index contributed by atoms with van der Waals surface area (Å²) in [6.45, 7) is 8.08. The van der Waals surface area contributed by atoms with Crippen LogP contribution in [0.2, 0.25) is 0 Å². The number of aryl methyl sites for hydroxylation is 2. The Morgan fingerprint density at radius 1 is 1.19 bits per heavy atom. The number of carbonyl (C=O) groups excluding carboxylic acids is 1. The first-order valence-electron chi connectivity index (χ1n) is 11.9. The molecule has 1 amide bonds. The number of rotatable bonds is 7. The number of amides is 1. The van der Waals surface area contributed by atoms with Gasteiger partial charge in [0.05, 0.1) is 18.4 Å². The zero-order chi connectivity index (χ0) is 25.4. The summed E-state index contributed by atoms with van der Waals surface area (Å²) in [5, 5.41) is 17.4. The lowest BCUT2D eigenvalue weighted by Crippen LogP contribution is -2.47. The molecule has 9 nitrogen and oxygen atoms in total. The Balaban J connectivity index is 1.20. The lowest BCUT2D eigenvalue weighted by Gasteiger charge is -2.44. The van der Waals surface area contributed by atoms with Crippen molar-refractivity contribution >= 4 is 17.5 Å². The van der Waals surface area contributed by atoms with Crippen molar-refractivity contribution in [1.29, 1.82) is 0 Å². The van der Waals surface area contributed by atoms with E-state index < -0.39 is 5.82 Å². The number of halogens is 1. The van der Waals surface area contributed by atoms with Gasteiger partial charge in [-0.3, -0.25) is 9.89 Å². The third-order valence-electron chi connectivity index (χ3n) is 6.73. The lowest BCUT2D eigenvalue weighted by molar-refractivity contribution is -0.130. The second kappa shape index (κ2) is 9.18. The van der Waals surface area contributed by atoms with Crippen LogP contribution >= 0.6 is 0 Å². The average Bonchev–Trinajstić information content (AvgIpc) is 3.44. The molecule has 1 aliphatic carbocycles. The van der Waals surface area contributed by atoms with Gasteiger partial charge >= 0.3 is 0 Å². The number of pyridine rings is 2. The average molecular weight is 489 g/mol. The van der Waals surface area contributed by atoms with Crippen molar-refractivity contribution in [1.82, 2.24) is 35.3 Å². The first kappa shape index (κ1) is 23.7. The van der Waals surface area contributed by atoms with Crippen LogP contribution < -0.4 is 10.6 Å². The highest BCUT2D eigenvalue weighted by Crippen LogP contribution is 2.47. The molecule has 4 aromatic heterocycles. The van der Waals surface area contributed by atoms with Crippen molar-refractivity contribution in [3.63, 3.8) is 0 Å². The van der Waals surface area contributed by atoms with Crippen LogP contribution in [-0.4, -0.2) is 35.9 Å². The Morgan fingerprint density at radius 2 is 2.00 bits per heavy atom. The number of H-pyrrole nitrogens is 1. The monoisotopic (exact) mass is 488 g/mol. The first-order valence-corrected chi connectivity index (χ1v) is 11.9. The molecule has 0 aromatic carbocycles. The molecule has 0 unspecified atom stereocenters. The topological polar surface area (TPSA) is 113 Å². The SMILES string of the molecule is Cc1cc(Nc2cc(C)[nH]n2)nc(C2(C)CC(C(=O)N[C@@H](C)c3ccc(-n4cc(F)cn4)nc3)C2)c1. The molecule has 10 heteroatoms. The highest BCUT2D eigenvalue weighted by atomic mass is 19.1. The maximum Gasteiger partial charge on any atom is 0.223 e. The molecular formula is C26H29FN8O. The Kier molecular flexibility index (Phi) is 6.03. The van der Waals surface area contributed by atoms with Gasteiger partial charge in [-0.05, 0) is 62.9 Å².